The molecule has 17 heavy (non-hydrogen) atoms. The largest absolute Gasteiger partial charge is 0.490 e. The highest BCUT2D eigenvalue weighted by atomic mass is 35.5. The van der Waals surface area contributed by atoms with Gasteiger partial charge in [-0.25, -0.2) is 0 Å². The minimum Gasteiger partial charge on any atom is -0.490 e. The molecule has 2 aliphatic heterocycles. The second kappa shape index (κ2) is 4.52. The Morgan fingerprint density at radius 2 is 1.76 bits per heavy atom. The standard InChI is InChI=1S/C13H13Cl2NO/c14-12-4-3-10(7-13(12)15)17-11-5-8-1-2-9(6-11)16-8/h1-4,7-9,11,16H,5-6H2. The lowest BCUT2D eigenvalue weighted by Gasteiger charge is -2.29. The average Bonchev–Trinajstić information content (AvgIpc) is 2.64. The first-order valence-corrected chi connectivity index (χ1v) is 6.52. The van der Waals surface area contributed by atoms with E-state index in [-0.39, 0.29) is 6.10 Å². The van der Waals surface area contributed by atoms with Crippen LogP contribution in [0.25, 0.3) is 0 Å². The normalized spacial score (nSPS) is 30.6. The van der Waals surface area contributed by atoms with Crippen molar-refractivity contribution in [3.8, 4) is 5.75 Å². The molecule has 3 rings (SSSR count). The predicted molar refractivity (Wildman–Crippen MR) is 70.0 cm³/mol. The Hall–Kier alpha value is -0.700. The van der Waals surface area contributed by atoms with E-state index in [1.54, 1.807) is 12.1 Å². The summed E-state index contributed by atoms with van der Waals surface area (Å²) in [6, 6.07) is 6.34. The molecule has 1 fully saturated rings. The van der Waals surface area contributed by atoms with Gasteiger partial charge in [-0.05, 0) is 12.1 Å². The Balaban J connectivity index is 1.69. The molecule has 0 aromatic heterocycles. The fourth-order valence-corrected chi connectivity index (χ4v) is 2.74. The van der Waals surface area contributed by atoms with Gasteiger partial charge < -0.3 is 10.1 Å². The van der Waals surface area contributed by atoms with Crippen molar-refractivity contribution in [2.24, 2.45) is 0 Å². The fourth-order valence-electron chi connectivity index (χ4n) is 2.45. The van der Waals surface area contributed by atoms with Gasteiger partial charge in [-0.15, -0.1) is 0 Å². The molecule has 0 spiro atoms. The molecule has 90 valence electrons. The minimum atomic E-state index is 0.249. The Morgan fingerprint density at radius 1 is 1.06 bits per heavy atom. The molecule has 1 aromatic rings. The first-order valence-electron chi connectivity index (χ1n) is 5.77. The third-order valence-corrected chi connectivity index (χ3v) is 3.97. The highest BCUT2D eigenvalue weighted by Crippen LogP contribution is 2.29. The van der Waals surface area contributed by atoms with Gasteiger partial charge in [0.2, 0.25) is 0 Å². The van der Waals surface area contributed by atoms with Crippen LogP contribution in [0.15, 0.2) is 30.4 Å². The quantitative estimate of drug-likeness (QED) is 0.831. The first kappa shape index (κ1) is 11.4. The van der Waals surface area contributed by atoms with E-state index in [2.05, 4.69) is 17.5 Å². The second-order valence-electron chi connectivity index (χ2n) is 4.55. The van der Waals surface area contributed by atoms with Crippen LogP contribution in [0.4, 0.5) is 0 Å². The van der Waals surface area contributed by atoms with Crippen LogP contribution in [0.3, 0.4) is 0 Å². The van der Waals surface area contributed by atoms with Gasteiger partial charge in [-0.1, -0.05) is 35.4 Å². The molecule has 2 bridgehead atoms. The van der Waals surface area contributed by atoms with E-state index < -0.39 is 0 Å². The Kier molecular flexibility index (Phi) is 3.03. The number of hydrogen-bond donors (Lipinski definition) is 1. The third-order valence-electron chi connectivity index (χ3n) is 3.23. The SMILES string of the molecule is Clc1ccc(OC2CC3C=CC(C2)N3)cc1Cl. The summed E-state index contributed by atoms with van der Waals surface area (Å²) >= 11 is 11.8. The predicted octanol–water partition coefficient (Wildman–Crippen LogP) is 3.43. The summed E-state index contributed by atoms with van der Waals surface area (Å²) in [5.41, 5.74) is 0. The summed E-state index contributed by atoms with van der Waals surface area (Å²) in [5.74, 6) is 0.797. The summed E-state index contributed by atoms with van der Waals surface area (Å²) in [7, 11) is 0. The first-order chi connectivity index (χ1) is 8.20. The van der Waals surface area contributed by atoms with Gasteiger partial charge in [0, 0.05) is 31.0 Å². The van der Waals surface area contributed by atoms with Crippen molar-refractivity contribution in [1.82, 2.24) is 5.32 Å². The van der Waals surface area contributed by atoms with Gasteiger partial charge in [0.25, 0.3) is 0 Å². The molecule has 4 heteroatoms. The van der Waals surface area contributed by atoms with Gasteiger partial charge in [0.05, 0.1) is 10.0 Å². The van der Waals surface area contributed by atoms with E-state index in [9.17, 15) is 0 Å². The van der Waals surface area contributed by atoms with Crippen molar-refractivity contribution in [1.29, 1.82) is 0 Å². The van der Waals surface area contributed by atoms with Crippen LogP contribution >= 0.6 is 23.2 Å². The number of halogens is 2. The smallest absolute Gasteiger partial charge is 0.121 e. The van der Waals surface area contributed by atoms with Crippen molar-refractivity contribution < 1.29 is 4.74 Å². The van der Waals surface area contributed by atoms with E-state index in [0.29, 0.717) is 22.1 Å². The topological polar surface area (TPSA) is 21.3 Å². The van der Waals surface area contributed by atoms with Gasteiger partial charge >= 0.3 is 0 Å². The summed E-state index contributed by atoms with van der Waals surface area (Å²) in [5, 5.41) is 4.59. The lowest BCUT2D eigenvalue weighted by atomic mass is 10.0. The maximum absolute atomic E-state index is 5.96. The van der Waals surface area contributed by atoms with Gasteiger partial charge in [0.15, 0.2) is 0 Å². The van der Waals surface area contributed by atoms with Crippen molar-refractivity contribution in [2.45, 2.75) is 31.0 Å². The summed E-state index contributed by atoms with van der Waals surface area (Å²) in [6.45, 7) is 0. The summed E-state index contributed by atoms with van der Waals surface area (Å²) in [4.78, 5) is 0. The highest BCUT2D eigenvalue weighted by molar-refractivity contribution is 6.42. The Morgan fingerprint density at radius 3 is 2.41 bits per heavy atom. The monoisotopic (exact) mass is 269 g/mol. The molecule has 0 aliphatic carbocycles. The lowest BCUT2D eigenvalue weighted by molar-refractivity contribution is 0.142. The molecule has 0 radical (unpaired) electrons. The Bertz CT molecular complexity index is 447. The Labute approximate surface area is 111 Å². The van der Waals surface area contributed by atoms with Crippen LogP contribution in [0, 0.1) is 0 Å². The number of ether oxygens (including phenoxy) is 1. The molecular formula is C13H13Cl2NO. The van der Waals surface area contributed by atoms with Crippen LogP contribution < -0.4 is 10.1 Å². The van der Waals surface area contributed by atoms with Crippen LogP contribution in [-0.4, -0.2) is 18.2 Å². The molecule has 0 amide bonds. The van der Waals surface area contributed by atoms with Gasteiger partial charge in [-0.3, -0.25) is 0 Å². The number of benzene rings is 1. The zero-order chi connectivity index (χ0) is 11.8. The van der Waals surface area contributed by atoms with Crippen LogP contribution in [0.5, 0.6) is 5.75 Å². The molecule has 2 nitrogen and oxygen atoms in total. The molecule has 1 N–H and O–H groups in total. The average molecular weight is 270 g/mol. The zero-order valence-corrected chi connectivity index (χ0v) is 10.7. The lowest BCUT2D eigenvalue weighted by Crippen LogP contribution is -2.43. The maximum Gasteiger partial charge on any atom is 0.121 e. The van der Waals surface area contributed by atoms with Crippen molar-refractivity contribution in [2.75, 3.05) is 0 Å². The number of nitrogens with one attached hydrogen (secondary N) is 1. The van der Waals surface area contributed by atoms with E-state index in [1.165, 1.54) is 0 Å². The van der Waals surface area contributed by atoms with Crippen LogP contribution in [0.1, 0.15) is 12.8 Å². The number of rotatable bonds is 2. The van der Waals surface area contributed by atoms with Crippen LogP contribution in [0.2, 0.25) is 10.0 Å². The van der Waals surface area contributed by atoms with E-state index in [4.69, 9.17) is 27.9 Å². The van der Waals surface area contributed by atoms with Gasteiger partial charge in [0.1, 0.15) is 11.9 Å². The number of piperidine rings is 1. The third kappa shape index (κ3) is 2.44. The van der Waals surface area contributed by atoms with Crippen LogP contribution in [-0.2, 0) is 0 Å². The summed E-state index contributed by atoms with van der Waals surface area (Å²) < 4.78 is 5.95. The molecule has 0 saturated carbocycles. The van der Waals surface area contributed by atoms with Crippen molar-refractivity contribution >= 4 is 23.2 Å². The van der Waals surface area contributed by atoms with Gasteiger partial charge in [-0.2, -0.15) is 0 Å². The molecule has 2 aliphatic rings. The molecule has 1 saturated heterocycles. The molecule has 2 heterocycles. The van der Waals surface area contributed by atoms with E-state index in [1.807, 2.05) is 6.07 Å². The molecule has 1 aromatic carbocycles. The number of hydrogen-bond acceptors (Lipinski definition) is 2. The van der Waals surface area contributed by atoms with Crippen molar-refractivity contribution in [3.05, 3.63) is 40.4 Å². The summed E-state index contributed by atoms with van der Waals surface area (Å²) in [6.07, 6.45) is 6.71. The van der Waals surface area contributed by atoms with Crippen molar-refractivity contribution in [3.63, 3.8) is 0 Å². The van der Waals surface area contributed by atoms with E-state index >= 15 is 0 Å². The minimum absolute atomic E-state index is 0.249. The highest BCUT2D eigenvalue weighted by Gasteiger charge is 2.30. The second-order valence-corrected chi connectivity index (χ2v) is 5.37. The maximum atomic E-state index is 5.96. The zero-order valence-electron chi connectivity index (χ0n) is 9.20. The molecular weight excluding hydrogens is 257 g/mol. The molecule has 2 atom stereocenters. The number of fused-ring (bicyclic) bond motifs is 2. The fraction of sp³-hybridized carbons (Fsp3) is 0.385. The molecule has 2 unspecified atom stereocenters. The van der Waals surface area contributed by atoms with E-state index in [0.717, 1.165) is 18.6 Å².